The third kappa shape index (κ3) is 4.47. The molecular formula is C21H21F3N4O2. The van der Waals surface area contributed by atoms with Crippen LogP contribution in [0.25, 0.3) is 11.0 Å². The normalized spacial score (nSPS) is 15.4. The largest absolute Gasteiger partial charge is 0.416 e. The zero-order chi connectivity index (χ0) is 21.1. The monoisotopic (exact) mass is 418 g/mol. The Morgan fingerprint density at radius 1 is 1.03 bits per heavy atom. The van der Waals surface area contributed by atoms with Crippen LogP contribution in [-0.2, 0) is 17.5 Å². The number of amides is 1. The number of carbonyl (C=O) groups excluding carboxylic acids is 1. The van der Waals surface area contributed by atoms with Crippen molar-refractivity contribution >= 4 is 22.9 Å². The zero-order valence-electron chi connectivity index (χ0n) is 16.2. The van der Waals surface area contributed by atoms with E-state index in [2.05, 4.69) is 15.2 Å². The van der Waals surface area contributed by atoms with Crippen LogP contribution in [0, 0.1) is 0 Å². The molecular weight excluding hydrogens is 397 g/mol. The van der Waals surface area contributed by atoms with Crippen LogP contribution in [-0.4, -0.2) is 53.2 Å². The van der Waals surface area contributed by atoms with Crippen molar-refractivity contribution in [2.24, 2.45) is 0 Å². The molecule has 4 rings (SSSR count). The summed E-state index contributed by atoms with van der Waals surface area (Å²) < 4.78 is 45.6. The molecule has 9 heteroatoms. The maximum absolute atomic E-state index is 12.8. The number of hydrogen-bond acceptors (Lipinski definition) is 4. The molecule has 1 amide bonds. The Morgan fingerprint density at radius 3 is 2.43 bits per heavy atom. The van der Waals surface area contributed by atoms with E-state index in [0.717, 1.165) is 42.8 Å². The van der Waals surface area contributed by atoms with E-state index in [-0.39, 0.29) is 5.56 Å². The molecule has 0 atom stereocenters. The van der Waals surface area contributed by atoms with Crippen molar-refractivity contribution in [3.8, 4) is 0 Å². The third-order valence-corrected chi connectivity index (χ3v) is 5.10. The Bertz CT molecular complexity index is 1020. The summed E-state index contributed by atoms with van der Waals surface area (Å²) >= 11 is 0. The van der Waals surface area contributed by atoms with Crippen LogP contribution in [0.4, 0.5) is 19.1 Å². The molecule has 0 aliphatic carbocycles. The molecule has 0 radical (unpaired) electrons. The van der Waals surface area contributed by atoms with Gasteiger partial charge in [-0.05, 0) is 36.4 Å². The summed E-state index contributed by atoms with van der Waals surface area (Å²) in [5.74, 6) is -0.138. The van der Waals surface area contributed by atoms with E-state index >= 15 is 0 Å². The summed E-state index contributed by atoms with van der Waals surface area (Å²) in [6.07, 6.45) is -4.44. The minimum Gasteiger partial charge on any atom is -0.379 e. The van der Waals surface area contributed by atoms with Gasteiger partial charge >= 0.3 is 6.18 Å². The van der Waals surface area contributed by atoms with E-state index in [0.29, 0.717) is 25.7 Å². The molecule has 1 aliphatic rings. The fraction of sp³-hybridized carbons (Fsp3) is 0.333. The number of nitrogens with one attached hydrogen (secondary N) is 1. The number of alkyl halides is 3. The topological polar surface area (TPSA) is 59.4 Å². The van der Waals surface area contributed by atoms with E-state index in [1.165, 1.54) is 12.1 Å². The number of morpholine rings is 1. The first-order valence-electron chi connectivity index (χ1n) is 9.66. The van der Waals surface area contributed by atoms with E-state index in [1.807, 2.05) is 28.8 Å². The van der Waals surface area contributed by atoms with Crippen LogP contribution in [0.15, 0.2) is 48.5 Å². The maximum Gasteiger partial charge on any atom is 0.416 e. The van der Waals surface area contributed by atoms with Crippen LogP contribution < -0.4 is 5.32 Å². The molecule has 1 fully saturated rings. The van der Waals surface area contributed by atoms with Gasteiger partial charge in [-0.2, -0.15) is 13.2 Å². The lowest BCUT2D eigenvalue weighted by Crippen LogP contribution is -2.38. The standard InChI is InChI=1S/C21H21F3N4O2/c22-21(23,24)16-7-5-15(6-8-16)19(29)26-20-25-17-3-1-2-4-18(17)28(20)10-9-27-11-13-30-14-12-27/h1-8H,9-14H2,(H,25,26,29). The van der Waals surface area contributed by atoms with E-state index in [4.69, 9.17) is 4.74 Å². The van der Waals surface area contributed by atoms with Gasteiger partial charge in [0.25, 0.3) is 5.91 Å². The molecule has 1 N–H and O–H groups in total. The number of benzene rings is 2. The predicted octanol–water partition coefficient (Wildman–Crippen LogP) is 3.64. The summed E-state index contributed by atoms with van der Waals surface area (Å²) in [5, 5.41) is 2.75. The van der Waals surface area contributed by atoms with E-state index in [9.17, 15) is 18.0 Å². The molecule has 0 spiro atoms. The third-order valence-electron chi connectivity index (χ3n) is 5.10. The summed E-state index contributed by atoms with van der Waals surface area (Å²) in [6.45, 7) is 4.47. The average molecular weight is 418 g/mol. The van der Waals surface area contributed by atoms with Crippen molar-refractivity contribution in [3.63, 3.8) is 0 Å². The van der Waals surface area contributed by atoms with Crippen LogP contribution >= 0.6 is 0 Å². The number of ether oxygens (including phenoxy) is 1. The first-order valence-corrected chi connectivity index (χ1v) is 9.66. The number of anilines is 1. The molecule has 0 bridgehead atoms. The van der Waals surface area contributed by atoms with Crippen LogP contribution in [0.3, 0.4) is 0 Å². The molecule has 0 saturated carbocycles. The first kappa shape index (κ1) is 20.4. The second kappa shape index (κ2) is 8.45. The Balaban J connectivity index is 1.54. The Labute approximate surface area is 171 Å². The van der Waals surface area contributed by atoms with Gasteiger partial charge in [0.2, 0.25) is 5.95 Å². The van der Waals surface area contributed by atoms with Crippen LogP contribution in [0.2, 0.25) is 0 Å². The summed E-state index contributed by atoms with van der Waals surface area (Å²) in [7, 11) is 0. The highest BCUT2D eigenvalue weighted by molar-refractivity contribution is 6.04. The number of para-hydroxylation sites is 2. The summed E-state index contributed by atoms with van der Waals surface area (Å²) in [4.78, 5) is 19.4. The summed E-state index contributed by atoms with van der Waals surface area (Å²) in [6, 6.07) is 11.7. The van der Waals surface area contributed by atoms with Gasteiger partial charge in [0.1, 0.15) is 0 Å². The van der Waals surface area contributed by atoms with Crippen molar-refractivity contribution in [3.05, 3.63) is 59.7 Å². The second-order valence-corrected chi connectivity index (χ2v) is 7.06. The van der Waals surface area contributed by atoms with Crippen molar-refractivity contribution in [1.82, 2.24) is 14.5 Å². The highest BCUT2D eigenvalue weighted by atomic mass is 19.4. The maximum atomic E-state index is 12.8. The Kier molecular flexibility index (Phi) is 5.74. The molecule has 6 nitrogen and oxygen atoms in total. The molecule has 1 aromatic heterocycles. The molecule has 158 valence electrons. The lowest BCUT2D eigenvalue weighted by molar-refractivity contribution is -0.137. The van der Waals surface area contributed by atoms with Gasteiger partial charge in [-0.25, -0.2) is 4.98 Å². The number of carbonyl (C=O) groups is 1. The van der Waals surface area contributed by atoms with Crippen molar-refractivity contribution in [2.45, 2.75) is 12.7 Å². The summed E-state index contributed by atoms with van der Waals surface area (Å²) in [5.41, 5.74) is 0.960. The van der Waals surface area contributed by atoms with Gasteiger partial charge in [-0.1, -0.05) is 12.1 Å². The SMILES string of the molecule is O=C(Nc1nc2ccccc2n1CCN1CCOCC1)c1ccc(C(F)(F)F)cc1. The number of hydrogen-bond donors (Lipinski definition) is 1. The van der Waals surface area contributed by atoms with Crippen LogP contribution in [0.5, 0.6) is 0 Å². The number of rotatable bonds is 5. The smallest absolute Gasteiger partial charge is 0.379 e. The van der Waals surface area contributed by atoms with Crippen molar-refractivity contribution in [1.29, 1.82) is 0 Å². The zero-order valence-corrected chi connectivity index (χ0v) is 16.2. The molecule has 2 heterocycles. The fourth-order valence-electron chi connectivity index (χ4n) is 3.45. The minimum absolute atomic E-state index is 0.134. The van der Waals surface area contributed by atoms with Gasteiger partial charge in [-0.15, -0.1) is 0 Å². The fourth-order valence-corrected chi connectivity index (χ4v) is 3.45. The predicted molar refractivity (Wildman–Crippen MR) is 106 cm³/mol. The number of fused-ring (bicyclic) bond motifs is 1. The lowest BCUT2D eigenvalue weighted by atomic mass is 10.1. The van der Waals surface area contributed by atoms with Crippen molar-refractivity contribution in [2.75, 3.05) is 38.2 Å². The van der Waals surface area contributed by atoms with Gasteiger partial charge in [0, 0.05) is 31.7 Å². The lowest BCUT2D eigenvalue weighted by Gasteiger charge is -2.26. The number of imidazole rings is 1. The molecule has 1 aliphatic heterocycles. The van der Waals surface area contributed by atoms with Crippen LogP contribution in [0.1, 0.15) is 15.9 Å². The van der Waals surface area contributed by atoms with Crippen molar-refractivity contribution < 1.29 is 22.7 Å². The number of nitrogens with zero attached hydrogens (tertiary/aromatic N) is 3. The van der Waals surface area contributed by atoms with Gasteiger partial charge in [-0.3, -0.25) is 15.0 Å². The molecule has 0 unspecified atom stereocenters. The minimum atomic E-state index is -4.44. The van der Waals surface area contributed by atoms with E-state index < -0.39 is 17.6 Å². The van der Waals surface area contributed by atoms with Gasteiger partial charge in [0.05, 0.1) is 29.8 Å². The number of halogens is 3. The Hall–Kier alpha value is -2.91. The average Bonchev–Trinajstić information content (AvgIpc) is 3.09. The highest BCUT2D eigenvalue weighted by Gasteiger charge is 2.30. The molecule has 1 saturated heterocycles. The first-order chi connectivity index (χ1) is 14.4. The van der Waals surface area contributed by atoms with Gasteiger partial charge < -0.3 is 9.30 Å². The van der Waals surface area contributed by atoms with Gasteiger partial charge in [0.15, 0.2) is 0 Å². The van der Waals surface area contributed by atoms with E-state index in [1.54, 1.807) is 0 Å². The Morgan fingerprint density at radius 2 is 1.73 bits per heavy atom. The number of aromatic nitrogens is 2. The highest BCUT2D eigenvalue weighted by Crippen LogP contribution is 2.29. The molecule has 3 aromatic rings. The molecule has 30 heavy (non-hydrogen) atoms. The molecule has 2 aromatic carbocycles. The quantitative estimate of drug-likeness (QED) is 0.687. The second-order valence-electron chi connectivity index (χ2n) is 7.06.